The van der Waals surface area contributed by atoms with E-state index >= 15 is 0 Å². The Morgan fingerprint density at radius 2 is 1.88 bits per heavy atom. The van der Waals surface area contributed by atoms with Crippen LogP contribution in [0, 0.1) is 0 Å². The predicted octanol–water partition coefficient (Wildman–Crippen LogP) is 5.61. The average Bonchev–Trinajstić information content (AvgIpc) is 3.58. The number of carbonyl (C=O) groups excluding carboxylic acids is 1. The van der Waals surface area contributed by atoms with Crippen LogP contribution < -0.4 is 4.74 Å². The van der Waals surface area contributed by atoms with E-state index in [1.807, 2.05) is 70.7 Å². The second-order valence-corrected chi connectivity index (χ2v) is 8.23. The summed E-state index contributed by atoms with van der Waals surface area (Å²) in [6, 6.07) is 20.0. The maximum Gasteiger partial charge on any atom is 0.325 e. The Labute approximate surface area is 189 Å². The minimum Gasteiger partial charge on any atom is -0.497 e. The van der Waals surface area contributed by atoms with Gasteiger partial charge in [-0.15, -0.1) is 11.3 Å². The van der Waals surface area contributed by atoms with Crippen molar-refractivity contribution in [2.24, 2.45) is 0 Å². The highest BCUT2D eigenvalue weighted by Crippen LogP contribution is 2.38. The molecular weight excluding hydrogens is 422 g/mol. The molecule has 0 spiro atoms. The maximum atomic E-state index is 12.0. The second-order valence-electron chi connectivity index (χ2n) is 7.28. The fourth-order valence-electron chi connectivity index (χ4n) is 3.84. The highest BCUT2D eigenvalue weighted by Gasteiger charge is 2.20. The van der Waals surface area contributed by atoms with Gasteiger partial charge in [0.1, 0.15) is 18.1 Å². The molecule has 0 unspecified atom stereocenters. The summed E-state index contributed by atoms with van der Waals surface area (Å²) in [5.41, 5.74) is 4.66. The third-order valence-corrected chi connectivity index (χ3v) is 6.28. The Hall–Kier alpha value is -3.84. The lowest BCUT2D eigenvalue weighted by atomic mass is 10.0. The molecule has 0 amide bonds. The number of H-pyrrole nitrogens is 1. The van der Waals surface area contributed by atoms with Crippen LogP contribution in [-0.4, -0.2) is 34.7 Å². The number of ether oxygens (including phenoxy) is 2. The van der Waals surface area contributed by atoms with E-state index in [4.69, 9.17) is 14.5 Å². The molecule has 0 aliphatic carbocycles. The first-order valence-electron chi connectivity index (χ1n) is 10.1. The van der Waals surface area contributed by atoms with Crippen LogP contribution in [0.1, 0.15) is 0 Å². The Bertz CT molecular complexity index is 1380. The van der Waals surface area contributed by atoms with Crippen LogP contribution in [-0.2, 0) is 16.1 Å². The summed E-state index contributed by atoms with van der Waals surface area (Å²) in [4.78, 5) is 21.6. The molecule has 1 N–H and O–H groups in total. The highest BCUT2D eigenvalue weighted by atomic mass is 32.1. The molecule has 3 aromatic heterocycles. The fourth-order valence-corrected chi connectivity index (χ4v) is 4.51. The van der Waals surface area contributed by atoms with E-state index in [0.717, 1.165) is 49.9 Å². The molecule has 0 aliphatic heterocycles. The third-order valence-electron chi connectivity index (χ3n) is 5.41. The van der Waals surface area contributed by atoms with E-state index in [1.54, 1.807) is 18.4 Å². The second kappa shape index (κ2) is 8.36. The van der Waals surface area contributed by atoms with Crippen molar-refractivity contribution in [2.75, 3.05) is 14.2 Å². The number of nitrogens with zero attached hydrogens (tertiary/aromatic N) is 2. The van der Waals surface area contributed by atoms with Crippen LogP contribution in [0.25, 0.3) is 44.1 Å². The van der Waals surface area contributed by atoms with Crippen molar-refractivity contribution in [1.82, 2.24) is 14.5 Å². The number of imidazole rings is 1. The molecule has 5 rings (SSSR count). The molecule has 3 heterocycles. The molecule has 5 aromatic rings. The molecular formula is C25H21N3O3S. The van der Waals surface area contributed by atoms with Crippen LogP contribution in [0.2, 0.25) is 0 Å². The number of methoxy groups -OCH3 is 2. The molecule has 0 saturated heterocycles. The summed E-state index contributed by atoms with van der Waals surface area (Å²) in [7, 11) is 3.05. The summed E-state index contributed by atoms with van der Waals surface area (Å²) in [6.07, 6.45) is 1.99. The van der Waals surface area contributed by atoms with Gasteiger partial charge < -0.3 is 19.0 Å². The van der Waals surface area contributed by atoms with Crippen molar-refractivity contribution in [3.8, 4) is 39.0 Å². The van der Waals surface area contributed by atoms with E-state index in [9.17, 15) is 4.79 Å². The first-order valence-corrected chi connectivity index (χ1v) is 11.0. The first-order chi connectivity index (χ1) is 15.7. The summed E-state index contributed by atoms with van der Waals surface area (Å²) in [6.45, 7) is 0.140. The van der Waals surface area contributed by atoms with Crippen LogP contribution in [0.3, 0.4) is 0 Å². The number of thiophene rings is 1. The lowest BCUT2D eigenvalue weighted by Gasteiger charge is -2.04. The van der Waals surface area contributed by atoms with Gasteiger partial charge in [0.05, 0.1) is 30.5 Å². The molecule has 32 heavy (non-hydrogen) atoms. The molecule has 160 valence electrons. The van der Waals surface area contributed by atoms with E-state index in [-0.39, 0.29) is 12.5 Å². The van der Waals surface area contributed by atoms with Crippen molar-refractivity contribution in [2.45, 2.75) is 6.54 Å². The molecule has 7 heteroatoms. The van der Waals surface area contributed by atoms with Gasteiger partial charge in [0.15, 0.2) is 0 Å². The van der Waals surface area contributed by atoms with Gasteiger partial charge in [0.25, 0.3) is 0 Å². The molecule has 2 aromatic carbocycles. The topological polar surface area (TPSA) is 69.1 Å². The number of carbonyl (C=O) groups is 1. The van der Waals surface area contributed by atoms with Crippen LogP contribution in [0.5, 0.6) is 5.75 Å². The number of hydrogen-bond donors (Lipinski definition) is 1. The standard InChI is InChI=1S/C25H21N3O3S/c1-30-17-11-9-16(10-12-17)23-24(27-25(26-23)21-8-5-13-32-21)19-14-28(15-22(29)31-2)20-7-4-3-6-18(19)20/h3-14H,15H2,1-2H3,(H,26,27). The van der Waals surface area contributed by atoms with Crippen LogP contribution >= 0.6 is 11.3 Å². The summed E-state index contributed by atoms with van der Waals surface area (Å²) >= 11 is 1.63. The molecule has 0 aliphatic rings. The Balaban J connectivity index is 1.72. The molecule has 0 fully saturated rings. The van der Waals surface area contributed by atoms with Gasteiger partial charge in [-0.1, -0.05) is 24.3 Å². The van der Waals surface area contributed by atoms with Crippen molar-refractivity contribution in [1.29, 1.82) is 0 Å². The van der Waals surface area contributed by atoms with Gasteiger partial charge in [0, 0.05) is 28.2 Å². The van der Waals surface area contributed by atoms with Gasteiger partial charge in [0.2, 0.25) is 0 Å². The van der Waals surface area contributed by atoms with Crippen molar-refractivity contribution >= 4 is 28.2 Å². The number of hydrogen-bond acceptors (Lipinski definition) is 5. The zero-order valence-corrected chi connectivity index (χ0v) is 18.5. The number of esters is 1. The number of rotatable bonds is 6. The Morgan fingerprint density at radius 3 is 2.59 bits per heavy atom. The lowest BCUT2D eigenvalue weighted by Crippen LogP contribution is -2.10. The van der Waals surface area contributed by atoms with E-state index in [1.165, 1.54) is 7.11 Å². The monoisotopic (exact) mass is 443 g/mol. The SMILES string of the molecule is COC(=O)Cn1cc(-c2[nH]c(-c3cccs3)nc2-c2ccc(OC)cc2)c2ccccc21. The normalized spacial score (nSPS) is 11.1. The third kappa shape index (κ3) is 3.56. The molecule has 0 radical (unpaired) electrons. The van der Waals surface area contributed by atoms with Gasteiger partial charge in [-0.05, 0) is 41.8 Å². The summed E-state index contributed by atoms with van der Waals surface area (Å²) in [5, 5.41) is 3.07. The molecule has 0 atom stereocenters. The zero-order valence-electron chi connectivity index (χ0n) is 17.7. The van der Waals surface area contributed by atoms with E-state index in [0.29, 0.717) is 0 Å². The number of nitrogens with one attached hydrogen (secondary N) is 1. The van der Waals surface area contributed by atoms with Crippen LogP contribution in [0.15, 0.2) is 72.2 Å². The number of benzene rings is 2. The minimum atomic E-state index is -0.295. The lowest BCUT2D eigenvalue weighted by molar-refractivity contribution is -0.141. The van der Waals surface area contributed by atoms with E-state index in [2.05, 4.69) is 11.1 Å². The fraction of sp³-hybridized carbons (Fsp3) is 0.120. The summed E-state index contributed by atoms with van der Waals surface area (Å²) in [5.74, 6) is 1.31. The predicted molar refractivity (Wildman–Crippen MR) is 127 cm³/mol. The largest absolute Gasteiger partial charge is 0.497 e. The number of para-hydroxylation sites is 1. The smallest absolute Gasteiger partial charge is 0.325 e. The number of aromatic amines is 1. The first kappa shape index (κ1) is 20.1. The quantitative estimate of drug-likeness (QED) is 0.347. The Morgan fingerprint density at radius 1 is 1.06 bits per heavy atom. The number of aromatic nitrogens is 3. The summed E-state index contributed by atoms with van der Waals surface area (Å²) < 4.78 is 12.1. The van der Waals surface area contributed by atoms with Gasteiger partial charge >= 0.3 is 5.97 Å². The van der Waals surface area contributed by atoms with Crippen molar-refractivity contribution in [3.63, 3.8) is 0 Å². The van der Waals surface area contributed by atoms with Crippen LogP contribution in [0.4, 0.5) is 0 Å². The van der Waals surface area contributed by atoms with E-state index < -0.39 is 0 Å². The molecule has 0 saturated carbocycles. The van der Waals surface area contributed by atoms with Crippen molar-refractivity contribution in [3.05, 3.63) is 72.2 Å². The average molecular weight is 444 g/mol. The maximum absolute atomic E-state index is 12.0. The van der Waals surface area contributed by atoms with Crippen molar-refractivity contribution < 1.29 is 14.3 Å². The van der Waals surface area contributed by atoms with Gasteiger partial charge in [-0.3, -0.25) is 4.79 Å². The Kier molecular flexibility index (Phi) is 5.25. The molecule has 6 nitrogen and oxygen atoms in total. The highest BCUT2D eigenvalue weighted by molar-refractivity contribution is 7.13. The molecule has 0 bridgehead atoms. The van der Waals surface area contributed by atoms with Gasteiger partial charge in [-0.2, -0.15) is 0 Å². The minimum absolute atomic E-state index is 0.140. The number of fused-ring (bicyclic) bond motifs is 1. The van der Waals surface area contributed by atoms with Gasteiger partial charge in [-0.25, -0.2) is 4.98 Å². The zero-order chi connectivity index (χ0) is 22.1.